The molecule has 0 saturated carbocycles. The van der Waals surface area contributed by atoms with Crippen LogP contribution in [0.1, 0.15) is 16.7 Å². The van der Waals surface area contributed by atoms with Crippen LogP contribution in [0, 0.1) is 11.8 Å². The SMILES string of the molecule is C=C(NCCN1CCOCC1)c1ccc(C#Cc2ccccc2)cc1. The van der Waals surface area contributed by atoms with Crippen LogP contribution in [0.2, 0.25) is 0 Å². The van der Waals surface area contributed by atoms with Gasteiger partial charge in [-0.2, -0.15) is 0 Å². The molecule has 25 heavy (non-hydrogen) atoms. The summed E-state index contributed by atoms with van der Waals surface area (Å²) in [6, 6.07) is 18.2. The van der Waals surface area contributed by atoms with Gasteiger partial charge in [-0.25, -0.2) is 0 Å². The van der Waals surface area contributed by atoms with Crippen molar-refractivity contribution in [1.82, 2.24) is 10.2 Å². The first-order valence-corrected chi connectivity index (χ1v) is 8.72. The average molecular weight is 332 g/mol. The molecule has 0 spiro atoms. The van der Waals surface area contributed by atoms with E-state index in [-0.39, 0.29) is 0 Å². The predicted octanol–water partition coefficient (Wildman–Crippen LogP) is 2.98. The van der Waals surface area contributed by atoms with Crippen LogP contribution in [0.5, 0.6) is 0 Å². The van der Waals surface area contributed by atoms with Gasteiger partial charge in [0.25, 0.3) is 0 Å². The molecule has 3 heteroatoms. The Kier molecular flexibility index (Phi) is 6.28. The van der Waals surface area contributed by atoms with Gasteiger partial charge in [0, 0.05) is 43.0 Å². The van der Waals surface area contributed by atoms with E-state index in [9.17, 15) is 0 Å². The Bertz CT molecular complexity index is 735. The highest BCUT2D eigenvalue weighted by Crippen LogP contribution is 2.11. The normalized spacial score (nSPS) is 14.4. The molecule has 0 bridgehead atoms. The van der Waals surface area contributed by atoms with E-state index < -0.39 is 0 Å². The molecule has 0 aliphatic carbocycles. The van der Waals surface area contributed by atoms with Crippen LogP contribution in [-0.4, -0.2) is 44.3 Å². The zero-order chi connectivity index (χ0) is 17.3. The molecular formula is C22H24N2O. The van der Waals surface area contributed by atoms with Gasteiger partial charge in [0.1, 0.15) is 0 Å². The van der Waals surface area contributed by atoms with E-state index in [1.165, 1.54) is 0 Å². The van der Waals surface area contributed by atoms with Gasteiger partial charge in [0.05, 0.1) is 13.2 Å². The summed E-state index contributed by atoms with van der Waals surface area (Å²) < 4.78 is 5.37. The molecule has 1 aliphatic rings. The first-order chi connectivity index (χ1) is 12.3. The van der Waals surface area contributed by atoms with E-state index in [0.717, 1.165) is 61.8 Å². The third-order valence-corrected chi connectivity index (χ3v) is 4.23. The molecule has 1 N–H and O–H groups in total. The molecule has 128 valence electrons. The van der Waals surface area contributed by atoms with Gasteiger partial charge in [0.15, 0.2) is 0 Å². The molecule has 1 saturated heterocycles. The Morgan fingerprint density at radius 3 is 2.28 bits per heavy atom. The van der Waals surface area contributed by atoms with Gasteiger partial charge < -0.3 is 10.1 Å². The van der Waals surface area contributed by atoms with Crippen molar-refractivity contribution < 1.29 is 4.74 Å². The van der Waals surface area contributed by atoms with Gasteiger partial charge >= 0.3 is 0 Å². The molecule has 3 rings (SSSR count). The summed E-state index contributed by atoms with van der Waals surface area (Å²) >= 11 is 0. The summed E-state index contributed by atoms with van der Waals surface area (Å²) in [5.41, 5.74) is 4.09. The van der Waals surface area contributed by atoms with E-state index >= 15 is 0 Å². The van der Waals surface area contributed by atoms with Gasteiger partial charge in [-0.1, -0.05) is 48.8 Å². The molecule has 0 unspecified atom stereocenters. The van der Waals surface area contributed by atoms with Gasteiger partial charge in [0.2, 0.25) is 0 Å². The fourth-order valence-corrected chi connectivity index (χ4v) is 2.71. The lowest BCUT2D eigenvalue weighted by Crippen LogP contribution is -2.40. The zero-order valence-corrected chi connectivity index (χ0v) is 14.5. The topological polar surface area (TPSA) is 24.5 Å². The minimum Gasteiger partial charge on any atom is -0.384 e. The molecule has 1 fully saturated rings. The first kappa shape index (κ1) is 17.3. The number of nitrogens with one attached hydrogen (secondary N) is 1. The van der Waals surface area contributed by atoms with Crippen LogP contribution >= 0.6 is 0 Å². The second-order valence-corrected chi connectivity index (χ2v) is 6.05. The lowest BCUT2D eigenvalue weighted by atomic mass is 10.1. The van der Waals surface area contributed by atoms with Crippen LogP contribution in [0.15, 0.2) is 61.2 Å². The number of morpholine rings is 1. The molecule has 0 atom stereocenters. The summed E-state index contributed by atoms with van der Waals surface area (Å²) in [7, 11) is 0. The molecule has 1 aliphatic heterocycles. The lowest BCUT2D eigenvalue weighted by Gasteiger charge is -2.26. The number of ether oxygens (including phenoxy) is 1. The maximum atomic E-state index is 5.37. The highest BCUT2D eigenvalue weighted by atomic mass is 16.5. The summed E-state index contributed by atoms with van der Waals surface area (Å²) in [6.07, 6.45) is 0. The van der Waals surface area contributed by atoms with Crippen LogP contribution in [0.25, 0.3) is 5.70 Å². The number of nitrogens with zero attached hydrogens (tertiary/aromatic N) is 1. The fourth-order valence-electron chi connectivity index (χ4n) is 2.71. The first-order valence-electron chi connectivity index (χ1n) is 8.72. The predicted molar refractivity (Wildman–Crippen MR) is 103 cm³/mol. The van der Waals surface area contributed by atoms with Crippen molar-refractivity contribution in [3.05, 3.63) is 77.9 Å². The van der Waals surface area contributed by atoms with E-state index in [4.69, 9.17) is 4.74 Å². The van der Waals surface area contributed by atoms with Crippen molar-refractivity contribution in [2.75, 3.05) is 39.4 Å². The molecular weight excluding hydrogens is 308 g/mol. The van der Waals surface area contributed by atoms with Crippen LogP contribution in [-0.2, 0) is 4.74 Å². The Hall–Kier alpha value is -2.54. The molecule has 0 radical (unpaired) electrons. The average Bonchev–Trinajstić information content (AvgIpc) is 2.68. The van der Waals surface area contributed by atoms with Crippen LogP contribution in [0.3, 0.4) is 0 Å². The Balaban J connectivity index is 1.49. The van der Waals surface area contributed by atoms with Crippen molar-refractivity contribution in [2.45, 2.75) is 0 Å². The summed E-state index contributed by atoms with van der Waals surface area (Å²) in [6.45, 7) is 9.77. The second-order valence-electron chi connectivity index (χ2n) is 6.05. The maximum Gasteiger partial charge on any atom is 0.0594 e. The van der Waals surface area contributed by atoms with Crippen molar-refractivity contribution in [1.29, 1.82) is 0 Å². The summed E-state index contributed by atoms with van der Waals surface area (Å²) in [5, 5.41) is 3.41. The summed E-state index contributed by atoms with van der Waals surface area (Å²) in [4.78, 5) is 2.41. The number of rotatable bonds is 5. The number of hydrogen-bond donors (Lipinski definition) is 1. The van der Waals surface area contributed by atoms with Crippen molar-refractivity contribution >= 4 is 5.70 Å². The molecule has 2 aromatic carbocycles. The standard InChI is InChI=1S/C22H24N2O/c1-19(23-13-14-24-15-17-25-18-16-24)22-11-9-21(10-12-22)8-7-20-5-3-2-4-6-20/h2-6,9-12,23H,1,13-18H2. The molecule has 2 aromatic rings. The van der Waals surface area contributed by atoms with Gasteiger partial charge in [-0.15, -0.1) is 0 Å². The Labute approximate surface area is 150 Å². The lowest BCUT2D eigenvalue weighted by molar-refractivity contribution is 0.0388. The van der Waals surface area contributed by atoms with Crippen LogP contribution in [0.4, 0.5) is 0 Å². The quantitative estimate of drug-likeness (QED) is 0.852. The molecule has 0 aromatic heterocycles. The zero-order valence-electron chi connectivity index (χ0n) is 14.5. The number of hydrogen-bond acceptors (Lipinski definition) is 3. The van der Waals surface area contributed by atoms with E-state index in [1.807, 2.05) is 42.5 Å². The minimum absolute atomic E-state index is 0.840. The fraction of sp³-hybridized carbons (Fsp3) is 0.273. The second kappa shape index (κ2) is 9.08. The van der Waals surface area contributed by atoms with Crippen molar-refractivity contribution in [2.24, 2.45) is 0 Å². The Morgan fingerprint density at radius 1 is 0.960 bits per heavy atom. The van der Waals surface area contributed by atoms with Gasteiger partial charge in [-0.3, -0.25) is 4.90 Å². The minimum atomic E-state index is 0.840. The summed E-state index contributed by atoms with van der Waals surface area (Å²) in [5.74, 6) is 6.37. The molecule has 1 heterocycles. The highest BCUT2D eigenvalue weighted by molar-refractivity contribution is 5.62. The van der Waals surface area contributed by atoms with Crippen molar-refractivity contribution in [3.8, 4) is 11.8 Å². The smallest absolute Gasteiger partial charge is 0.0594 e. The monoisotopic (exact) mass is 332 g/mol. The maximum absolute atomic E-state index is 5.37. The molecule has 3 nitrogen and oxygen atoms in total. The van der Waals surface area contributed by atoms with E-state index in [2.05, 4.69) is 40.8 Å². The third-order valence-electron chi connectivity index (χ3n) is 4.23. The Morgan fingerprint density at radius 2 is 1.60 bits per heavy atom. The largest absolute Gasteiger partial charge is 0.384 e. The van der Waals surface area contributed by atoms with Gasteiger partial charge in [-0.05, 0) is 29.8 Å². The van der Waals surface area contributed by atoms with Crippen LogP contribution < -0.4 is 5.32 Å². The van der Waals surface area contributed by atoms with E-state index in [0.29, 0.717) is 0 Å². The van der Waals surface area contributed by atoms with Crippen molar-refractivity contribution in [3.63, 3.8) is 0 Å². The third kappa shape index (κ3) is 5.49. The number of benzene rings is 2. The molecule has 0 amide bonds. The van der Waals surface area contributed by atoms with E-state index in [1.54, 1.807) is 0 Å². The highest BCUT2D eigenvalue weighted by Gasteiger charge is 2.09.